The number of nitrogens with two attached hydrogens (primary N) is 1. The van der Waals surface area contributed by atoms with Crippen LogP contribution in [0, 0.1) is 0 Å². The Morgan fingerprint density at radius 3 is 2.76 bits per heavy atom. The number of amides is 1. The van der Waals surface area contributed by atoms with Gasteiger partial charge in [-0.15, -0.1) is 0 Å². The molecule has 1 aromatic carbocycles. The molecule has 2 aromatic rings. The molecular weight excluding hydrogens is 330 g/mol. The van der Waals surface area contributed by atoms with Gasteiger partial charge in [-0.3, -0.25) is 9.78 Å². The molecule has 1 aliphatic rings. The van der Waals surface area contributed by atoms with Crippen molar-refractivity contribution in [2.24, 2.45) is 0 Å². The number of carbonyl (C=O) groups is 1. The summed E-state index contributed by atoms with van der Waals surface area (Å²) in [6.45, 7) is 0.538. The van der Waals surface area contributed by atoms with Gasteiger partial charge in [0.25, 0.3) is 5.91 Å². The van der Waals surface area contributed by atoms with Gasteiger partial charge in [-0.25, -0.2) is 0 Å². The van der Waals surface area contributed by atoms with Gasteiger partial charge in [-0.2, -0.15) is 0 Å². The van der Waals surface area contributed by atoms with E-state index in [0.717, 1.165) is 23.0 Å². The fourth-order valence-corrected chi connectivity index (χ4v) is 2.83. The molecule has 5 heteroatoms. The van der Waals surface area contributed by atoms with Gasteiger partial charge in [0.1, 0.15) is 0 Å². The van der Waals surface area contributed by atoms with E-state index in [1.807, 2.05) is 29.2 Å². The summed E-state index contributed by atoms with van der Waals surface area (Å²) in [5, 5.41) is 0. The number of aromatic nitrogens is 1. The van der Waals surface area contributed by atoms with Crippen molar-refractivity contribution in [1.29, 1.82) is 0 Å². The van der Waals surface area contributed by atoms with E-state index in [4.69, 9.17) is 5.73 Å². The molecule has 0 atom stereocenters. The fraction of sp³-hybridized carbons (Fsp3) is 0.250. The second kappa shape index (κ2) is 5.85. The highest BCUT2D eigenvalue weighted by Crippen LogP contribution is 2.30. The summed E-state index contributed by atoms with van der Waals surface area (Å²) in [6.07, 6.45) is 3.87. The first-order chi connectivity index (χ1) is 10.1. The quantitative estimate of drug-likeness (QED) is 0.865. The molecule has 4 nitrogen and oxygen atoms in total. The first-order valence-electron chi connectivity index (χ1n) is 6.90. The van der Waals surface area contributed by atoms with Crippen LogP contribution in [-0.4, -0.2) is 21.8 Å². The Morgan fingerprint density at radius 1 is 1.33 bits per heavy atom. The van der Waals surface area contributed by atoms with E-state index in [9.17, 15) is 4.79 Å². The maximum atomic E-state index is 12.8. The Labute approximate surface area is 132 Å². The number of pyridine rings is 1. The molecule has 1 heterocycles. The van der Waals surface area contributed by atoms with Crippen LogP contribution in [0.5, 0.6) is 0 Å². The van der Waals surface area contributed by atoms with Gasteiger partial charge in [0.15, 0.2) is 0 Å². The fourth-order valence-electron chi connectivity index (χ4n) is 2.32. The Morgan fingerprint density at radius 2 is 2.14 bits per heavy atom. The monoisotopic (exact) mass is 345 g/mol. The van der Waals surface area contributed by atoms with Gasteiger partial charge in [0.2, 0.25) is 0 Å². The Hall–Kier alpha value is -1.88. The number of nitrogen functional groups attached to an aromatic ring is 1. The Bertz CT molecular complexity index is 636. The summed E-state index contributed by atoms with van der Waals surface area (Å²) in [4.78, 5) is 19.0. The number of carbonyl (C=O) groups excluding carboxylic acids is 1. The molecule has 3 rings (SSSR count). The SMILES string of the molecule is Nc1cc(Br)cc(C(=O)N(Cc2ccccn2)C2CC2)c1. The minimum Gasteiger partial charge on any atom is -0.399 e. The molecule has 0 saturated heterocycles. The standard InChI is InChI=1S/C16H16BrN3O/c17-12-7-11(8-13(18)9-12)16(21)20(15-4-5-15)10-14-3-1-2-6-19-14/h1-3,6-9,15H,4-5,10,18H2. The summed E-state index contributed by atoms with van der Waals surface area (Å²) < 4.78 is 0.819. The van der Waals surface area contributed by atoms with Crippen molar-refractivity contribution in [3.05, 3.63) is 58.3 Å². The summed E-state index contributed by atoms with van der Waals surface area (Å²) >= 11 is 3.39. The van der Waals surface area contributed by atoms with Crippen molar-refractivity contribution in [1.82, 2.24) is 9.88 Å². The molecule has 1 fully saturated rings. The van der Waals surface area contributed by atoms with Crippen LogP contribution in [-0.2, 0) is 6.54 Å². The van der Waals surface area contributed by atoms with Crippen LogP contribution in [0.15, 0.2) is 47.1 Å². The lowest BCUT2D eigenvalue weighted by molar-refractivity contribution is 0.0727. The number of nitrogens with zero attached hydrogens (tertiary/aromatic N) is 2. The van der Waals surface area contributed by atoms with Gasteiger partial charge in [-0.1, -0.05) is 22.0 Å². The summed E-state index contributed by atoms with van der Waals surface area (Å²) in [5.74, 6) is 0.0103. The molecule has 0 aliphatic heterocycles. The second-order valence-electron chi connectivity index (χ2n) is 5.26. The smallest absolute Gasteiger partial charge is 0.254 e. The second-order valence-corrected chi connectivity index (χ2v) is 6.17. The van der Waals surface area contributed by atoms with Crippen molar-refractivity contribution in [2.75, 3.05) is 5.73 Å². The lowest BCUT2D eigenvalue weighted by Gasteiger charge is -2.22. The van der Waals surface area contributed by atoms with E-state index in [1.54, 1.807) is 18.3 Å². The van der Waals surface area contributed by atoms with Gasteiger partial charge < -0.3 is 10.6 Å². The number of rotatable bonds is 4. The largest absolute Gasteiger partial charge is 0.399 e. The van der Waals surface area contributed by atoms with E-state index in [-0.39, 0.29) is 5.91 Å². The zero-order valence-corrected chi connectivity index (χ0v) is 13.1. The van der Waals surface area contributed by atoms with Gasteiger partial charge in [0, 0.05) is 28.0 Å². The predicted molar refractivity (Wildman–Crippen MR) is 85.7 cm³/mol. The predicted octanol–water partition coefficient (Wildman–Crippen LogP) is 3.23. The van der Waals surface area contributed by atoms with Crippen molar-refractivity contribution in [3.63, 3.8) is 0 Å². The third-order valence-corrected chi connectivity index (χ3v) is 3.93. The van der Waals surface area contributed by atoms with Crippen LogP contribution >= 0.6 is 15.9 Å². The molecule has 1 aromatic heterocycles. The highest BCUT2D eigenvalue weighted by Gasteiger charge is 2.33. The minimum absolute atomic E-state index is 0.0103. The van der Waals surface area contributed by atoms with Crippen LogP contribution in [0.3, 0.4) is 0 Å². The number of halogens is 1. The van der Waals surface area contributed by atoms with Crippen molar-refractivity contribution in [2.45, 2.75) is 25.4 Å². The van der Waals surface area contributed by atoms with E-state index in [0.29, 0.717) is 23.8 Å². The molecule has 0 unspecified atom stereocenters. The normalized spacial score (nSPS) is 14.0. The zero-order chi connectivity index (χ0) is 14.8. The molecular formula is C16H16BrN3O. The van der Waals surface area contributed by atoms with Crippen LogP contribution in [0.2, 0.25) is 0 Å². The zero-order valence-electron chi connectivity index (χ0n) is 11.5. The van der Waals surface area contributed by atoms with Crippen molar-refractivity contribution in [3.8, 4) is 0 Å². The van der Waals surface area contributed by atoms with E-state index >= 15 is 0 Å². The van der Waals surface area contributed by atoms with Crippen LogP contribution in [0.1, 0.15) is 28.9 Å². The van der Waals surface area contributed by atoms with Crippen LogP contribution in [0.25, 0.3) is 0 Å². The molecule has 0 bridgehead atoms. The molecule has 0 radical (unpaired) electrons. The summed E-state index contributed by atoms with van der Waals surface area (Å²) in [7, 11) is 0. The third kappa shape index (κ3) is 3.42. The summed E-state index contributed by atoms with van der Waals surface area (Å²) in [6, 6.07) is 11.4. The maximum absolute atomic E-state index is 12.8. The molecule has 1 amide bonds. The average molecular weight is 346 g/mol. The number of hydrogen-bond acceptors (Lipinski definition) is 3. The van der Waals surface area contributed by atoms with E-state index in [2.05, 4.69) is 20.9 Å². The molecule has 0 spiro atoms. The van der Waals surface area contributed by atoms with Crippen LogP contribution in [0.4, 0.5) is 5.69 Å². The first-order valence-corrected chi connectivity index (χ1v) is 7.70. The minimum atomic E-state index is 0.0103. The Kier molecular flexibility index (Phi) is 3.92. The molecule has 108 valence electrons. The van der Waals surface area contributed by atoms with Crippen LogP contribution < -0.4 is 5.73 Å². The molecule has 1 saturated carbocycles. The molecule has 21 heavy (non-hydrogen) atoms. The highest BCUT2D eigenvalue weighted by molar-refractivity contribution is 9.10. The number of hydrogen-bond donors (Lipinski definition) is 1. The summed E-state index contributed by atoms with van der Waals surface area (Å²) in [5.41, 5.74) is 7.93. The maximum Gasteiger partial charge on any atom is 0.254 e. The lowest BCUT2D eigenvalue weighted by atomic mass is 10.1. The number of benzene rings is 1. The lowest BCUT2D eigenvalue weighted by Crippen LogP contribution is -2.33. The van der Waals surface area contributed by atoms with Gasteiger partial charge in [-0.05, 0) is 43.2 Å². The van der Waals surface area contributed by atoms with E-state index < -0.39 is 0 Å². The van der Waals surface area contributed by atoms with E-state index in [1.165, 1.54) is 0 Å². The van der Waals surface area contributed by atoms with Gasteiger partial charge >= 0.3 is 0 Å². The number of anilines is 1. The topological polar surface area (TPSA) is 59.2 Å². The molecule has 1 aliphatic carbocycles. The van der Waals surface area contributed by atoms with Crippen molar-refractivity contribution >= 4 is 27.5 Å². The highest BCUT2D eigenvalue weighted by atomic mass is 79.9. The third-order valence-electron chi connectivity index (χ3n) is 3.47. The first kappa shape index (κ1) is 14.1. The van der Waals surface area contributed by atoms with Gasteiger partial charge in [0.05, 0.1) is 12.2 Å². The Balaban J connectivity index is 1.85. The molecule has 2 N–H and O–H groups in total. The van der Waals surface area contributed by atoms with Crippen molar-refractivity contribution < 1.29 is 4.79 Å². The average Bonchev–Trinajstić information content (AvgIpc) is 3.29.